The Labute approximate surface area is 290 Å². The first-order valence-corrected chi connectivity index (χ1v) is 34.4. The molecule has 0 spiro atoms. The van der Waals surface area contributed by atoms with Crippen molar-refractivity contribution in [1.82, 2.24) is 0 Å². The van der Waals surface area contributed by atoms with Crippen LogP contribution in [0.3, 0.4) is 0 Å². The average Bonchev–Trinajstić information content (AvgIpc) is 2.87. The van der Waals surface area contributed by atoms with Gasteiger partial charge in [-0.15, -0.1) is 0 Å². The number of rotatable bonds is 32. The van der Waals surface area contributed by atoms with Gasteiger partial charge in [-0.25, -0.2) is 0 Å². The Balaban J connectivity index is 5.12. The lowest BCUT2D eigenvalue weighted by atomic mass is 10.1. The van der Waals surface area contributed by atoms with Crippen molar-refractivity contribution in [1.29, 1.82) is 0 Å². The molecule has 0 heterocycles. The van der Waals surface area contributed by atoms with Crippen LogP contribution >= 0.6 is 0 Å². The quantitative estimate of drug-likeness (QED) is 0.0512. The molecule has 0 aliphatic heterocycles. The van der Waals surface area contributed by atoms with Gasteiger partial charge in [-0.2, -0.15) is 0 Å². The molecule has 0 aromatic carbocycles. The Kier molecular flexibility index (Phi) is 25.5. The standard InChI is InChI=1S/C36H84O4Si5/c1-13-15-17-19-21-23-25-26-28-29-31-33-35-44(11,38-42(6,7)8)40-45(12,39-43(9,10)37-41(3,4)5)36-34-32-30-27-24-22-20-18-16-14-2/h13-36H2,1-12H3. The van der Waals surface area contributed by atoms with E-state index in [1.165, 1.54) is 141 Å². The Morgan fingerprint density at radius 1 is 0.289 bits per heavy atom. The molecule has 0 aliphatic carbocycles. The monoisotopic (exact) mass is 721 g/mol. The second kappa shape index (κ2) is 25.0. The van der Waals surface area contributed by atoms with Gasteiger partial charge in [-0.3, -0.25) is 0 Å². The van der Waals surface area contributed by atoms with Gasteiger partial charge in [0.1, 0.15) is 0 Å². The summed E-state index contributed by atoms with van der Waals surface area (Å²) in [5, 5.41) is 0. The van der Waals surface area contributed by atoms with E-state index in [1.54, 1.807) is 0 Å². The molecule has 45 heavy (non-hydrogen) atoms. The van der Waals surface area contributed by atoms with Crippen LogP contribution in [0.2, 0.25) is 77.6 Å². The smallest absolute Gasteiger partial charge is 0.317 e. The molecule has 0 rings (SSSR count). The van der Waals surface area contributed by atoms with Crippen LogP contribution < -0.4 is 0 Å². The minimum Gasteiger partial charge on any atom is -0.437 e. The molecular weight excluding hydrogens is 637 g/mol. The second-order valence-corrected chi connectivity index (χ2v) is 36.9. The van der Waals surface area contributed by atoms with Gasteiger partial charge in [-0.05, 0) is 77.6 Å². The first-order chi connectivity index (χ1) is 20.9. The van der Waals surface area contributed by atoms with Gasteiger partial charge in [0.05, 0.1) is 0 Å². The highest BCUT2D eigenvalue weighted by Gasteiger charge is 2.48. The maximum atomic E-state index is 7.37. The molecule has 0 saturated heterocycles. The lowest BCUT2D eigenvalue weighted by Crippen LogP contribution is -2.60. The van der Waals surface area contributed by atoms with Crippen LogP contribution in [0.4, 0.5) is 0 Å². The number of unbranched alkanes of at least 4 members (excludes halogenated alkanes) is 20. The van der Waals surface area contributed by atoms with E-state index in [1.807, 2.05) is 0 Å². The molecule has 272 valence electrons. The third-order valence-corrected chi connectivity index (χ3v) is 26.7. The summed E-state index contributed by atoms with van der Waals surface area (Å²) in [6, 6.07) is 2.15. The topological polar surface area (TPSA) is 36.9 Å². The highest BCUT2D eigenvalue weighted by molar-refractivity contribution is 6.90. The summed E-state index contributed by atoms with van der Waals surface area (Å²) in [6.45, 7) is 27.7. The largest absolute Gasteiger partial charge is 0.437 e. The fraction of sp³-hybridized carbons (Fsp3) is 1.00. The molecule has 0 N–H and O–H groups in total. The average molecular weight is 721 g/mol. The van der Waals surface area contributed by atoms with Gasteiger partial charge in [0.15, 0.2) is 16.6 Å². The maximum Gasteiger partial charge on any atom is 0.317 e. The van der Waals surface area contributed by atoms with Crippen LogP contribution in [0.15, 0.2) is 0 Å². The van der Waals surface area contributed by atoms with Crippen LogP contribution in [0.5, 0.6) is 0 Å². The summed E-state index contributed by atoms with van der Waals surface area (Å²) in [5.74, 6) is 0. The lowest BCUT2D eigenvalue weighted by Gasteiger charge is -2.44. The van der Waals surface area contributed by atoms with Crippen molar-refractivity contribution in [2.75, 3.05) is 0 Å². The van der Waals surface area contributed by atoms with E-state index in [2.05, 4.69) is 79.3 Å². The molecule has 4 nitrogen and oxygen atoms in total. The predicted octanol–water partition coefficient (Wildman–Crippen LogP) is 14.2. The summed E-state index contributed by atoms with van der Waals surface area (Å²) in [4.78, 5) is 0. The van der Waals surface area contributed by atoms with Crippen LogP contribution in [-0.4, -0.2) is 42.3 Å². The summed E-state index contributed by atoms with van der Waals surface area (Å²) in [7, 11) is -10.7. The van der Waals surface area contributed by atoms with Gasteiger partial charge < -0.3 is 16.5 Å². The fourth-order valence-corrected chi connectivity index (χ4v) is 30.8. The second-order valence-electron chi connectivity index (χ2n) is 16.9. The summed E-state index contributed by atoms with van der Waals surface area (Å²) in [6.07, 6.45) is 30.1. The highest BCUT2D eigenvalue weighted by atomic mass is 28.5. The molecule has 0 fully saturated rings. The van der Waals surface area contributed by atoms with Crippen molar-refractivity contribution in [2.24, 2.45) is 0 Å². The van der Waals surface area contributed by atoms with E-state index in [0.717, 1.165) is 12.1 Å². The normalized spacial score (nSPS) is 15.7. The van der Waals surface area contributed by atoms with Crippen molar-refractivity contribution < 1.29 is 16.5 Å². The molecular formula is C36H84O4Si5. The number of hydrogen-bond donors (Lipinski definition) is 0. The van der Waals surface area contributed by atoms with Crippen LogP contribution in [0.1, 0.15) is 155 Å². The van der Waals surface area contributed by atoms with Gasteiger partial charge in [-0.1, -0.05) is 155 Å². The molecule has 0 saturated carbocycles. The van der Waals surface area contributed by atoms with Gasteiger partial charge >= 0.3 is 25.7 Å². The molecule has 0 radical (unpaired) electrons. The zero-order valence-electron chi connectivity index (χ0n) is 33.1. The Morgan fingerprint density at radius 2 is 0.556 bits per heavy atom. The number of hydrogen-bond acceptors (Lipinski definition) is 4. The SMILES string of the molecule is CCCCCCCCCCCCCC[Si](C)(O[Si](C)(C)C)O[Si](C)(CCCCCCCCCCCC)O[Si](C)(C)O[Si](C)(C)C. The van der Waals surface area contributed by atoms with E-state index >= 15 is 0 Å². The zero-order chi connectivity index (χ0) is 34.3. The molecule has 2 atom stereocenters. The van der Waals surface area contributed by atoms with Crippen molar-refractivity contribution in [2.45, 2.75) is 233 Å². The molecule has 9 heteroatoms. The van der Waals surface area contributed by atoms with E-state index < -0.39 is 42.3 Å². The van der Waals surface area contributed by atoms with E-state index in [4.69, 9.17) is 16.5 Å². The maximum absolute atomic E-state index is 7.37. The first kappa shape index (κ1) is 45.9. The van der Waals surface area contributed by atoms with Crippen LogP contribution in [-0.2, 0) is 16.5 Å². The van der Waals surface area contributed by atoms with Crippen molar-refractivity contribution >= 4 is 42.3 Å². The Morgan fingerprint density at radius 3 is 0.844 bits per heavy atom. The molecule has 0 aromatic heterocycles. The Hall–Kier alpha value is 0.924. The Bertz CT molecular complexity index is 698. The molecule has 0 bridgehead atoms. The lowest BCUT2D eigenvalue weighted by molar-refractivity contribution is 0.286. The van der Waals surface area contributed by atoms with Crippen molar-refractivity contribution in [3.63, 3.8) is 0 Å². The minimum absolute atomic E-state index is 1.06. The third kappa shape index (κ3) is 29.6. The van der Waals surface area contributed by atoms with Gasteiger partial charge in [0, 0.05) is 0 Å². The van der Waals surface area contributed by atoms with Crippen LogP contribution in [0.25, 0.3) is 0 Å². The summed E-state index contributed by atoms with van der Waals surface area (Å²) < 4.78 is 28.3. The van der Waals surface area contributed by atoms with Crippen molar-refractivity contribution in [3.8, 4) is 0 Å². The van der Waals surface area contributed by atoms with Crippen LogP contribution in [0, 0.1) is 0 Å². The van der Waals surface area contributed by atoms with Gasteiger partial charge in [0.2, 0.25) is 0 Å². The van der Waals surface area contributed by atoms with E-state index in [-0.39, 0.29) is 0 Å². The fourth-order valence-electron chi connectivity index (χ4n) is 6.85. The highest BCUT2D eigenvalue weighted by Crippen LogP contribution is 2.33. The van der Waals surface area contributed by atoms with Gasteiger partial charge in [0.25, 0.3) is 0 Å². The molecule has 2 unspecified atom stereocenters. The minimum atomic E-state index is -2.49. The summed E-state index contributed by atoms with van der Waals surface area (Å²) >= 11 is 0. The molecule has 0 amide bonds. The third-order valence-electron chi connectivity index (χ3n) is 8.44. The van der Waals surface area contributed by atoms with E-state index in [9.17, 15) is 0 Å². The van der Waals surface area contributed by atoms with Crippen molar-refractivity contribution in [3.05, 3.63) is 0 Å². The summed E-state index contributed by atoms with van der Waals surface area (Å²) in [5.41, 5.74) is 0. The first-order valence-electron chi connectivity index (χ1n) is 19.8. The molecule has 0 aliphatic rings. The zero-order valence-corrected chi connectivity index (χ0v) is 38.1. The van der Waals surface area contributed by atoms with E-state index in [0.29, 0.717) is 0 Å². The molecule has 0 aromatic rings. The predicted molar refractivity (Wildman–Crippen MR) is 214 cm³/mol.